The van der Waals surface area contributed by atoms with Crippen LogP contribution >= 0.6 is 0 Å². The molecule has 1 aliphatic heterocycles. The minimum Gasteiger partial charge on any atom is -0.491 e. The van der Waals surface area contributed by atoms with Crippen molar-refractivity contribution in [1.29, 1.82) is 0 Å². The summed E-state index contributed by atoms with van der Waals surface area (Å²) >= 11 is 0. The Balaban J connectivity index is 1.33. The van der Waals surface area contributed by atoms with E-state index < -0.39 is 0 Å². The second-order valence-electron chi connectivity index (χ2n) is 9.85. The van der Waals surface area contributed by atoms with Crippen LogP contribution in [0, 0.1) is 0 Å². The van der Waals surface area contributed by atoms with Crippen LogP contribution in [0.1, 0.15) is 0 Å². The number of ether oxygens (including phenoxy) is 1. The molecule has 0 aliphatic carbocycles. The van der Waals surface area contributed by atoms with Gasteiger partial charge in [-0.15, -0.1) is 0 Å². The van der Waals surface area contributed by atoms with Gasteiger partial charge >= 0.3 is 0 Å². The summed E-state index contributed by atoms with van der Waals surface area (Å²) in [7, 11) is 6.22. The fraction of sp³-hybridized carbons (Fsp3) is 0.333. The molecule has 190 valence electrons. The Kier molecular flexibility index (Phi) is 6.19. The van der Waals surface area contributed by atoms with Gasteiger partial charge in [0, 0.05) is 67.0 Å². The van der Waals surface area contributed by atoms with Gasteiger partial charge in [0.05, 0.1) is 41.2 Å². The third-order valence-electron chi connectivity index (χ3n) is 6.90. The molecule has 6 rings (SSSR count). The standard InChI is InChI=1S/C27H31N9O/c1-34(2)8-9-37-20-10-18(13-28-15-20)19-11-22-26(32-33-27(22)30-14-19)23-12-21-24(31-23)16-29-17-25(21)36-6-4-35(3)5-7-36/h10-17,31H,4-9H2,1-3H3,(H,30,32,33). The highest BCUT2D eigenvalue weighted by atomic mass is 16.5. The Labute approximate surface area is 215 Å². The summed E-state index contributed by atoms with van der Waals surface area (Å²) in [4.78, 5) is 23.9. The van der Waals surface area contributed by atoms with E-state index in [-0.39, 0.29) is 0 Å². The van der Waals surface area contributed by atoms with Crippen molar-refractivity contribution in [2.75, 3.05) is 65.4 Å². The van der Waals surface area contributed by atoms with E-state index in [0.717, 1.165) is 83.0 Å². The molecule has 0 spiro atoms. The molecule has 1 saturated heterocycles. The number of nitrogens with one attached hydrogen (secondary N) is 2. The Morgan fingerprint density at radius 1 is 0.919 bits per heavy atom. The van der Waals surface area contributed by atoms with Crippen molar-refractivity contribution >= 4 is 27.6 Å². The van der Waals surface area contributed by atoms with E-state index >= 15 is 0 Å². The SMILES string of the molecule is CN(C)CCOc1cncc(-c2cnc3n[nH]c(-c4cc5c(N6CCN(C)CC6)cncc5[nH]4)c3c2)c1. The lowest BCUT2D eigenvalue weighted by atomic mass is 10.1. The van der Waals surface area contributed by atoms with E-state index in [1.54, 1.807) is 6.20 Å². The number of hydrogen-bond acceptors (Lipinski definition) is 8. The number of fused-ring (bicyclic) bond motifs is 2. The first kappa shape index (κ1) is 23.4. The molecular weight excluding hydrogens is 466 g/mol. The zero-order valence-corrected chi connectivity index (χ0v) is 21.4. The van der Waals surface area contributed by atoms with E-state index in [9.17, 15) is 0 Å². The third kappa shape index (κ3) is 4.73. The van der Waals surface area contributed by atoms with Crippen molar-refractivity contribution in [1.82, 2.24) is 39.9 Å². The number of likely N-dealkylation sites (N-methyl/N-ethyl adjacent to an activating group) is 2. The van der Waals surface area contributed by atoms with Gasteiger partial charge in [-0.1, -0.05) is 0 Å². The largest absolute Gasteiger partial charge is 0.491 e. The molecule has 0 amide bonds. The number of hydrogen-bond donors (Lipinski definition) is 2. The molecule has 0 radical (unpaired) electrons. The predicted molar refractivity (Wildman–Crippen MR) is 146 cm³/mol. The summed E-state index contributed by atoms with van der Waals surface area (Å²) in [6.45, 7) is 5.52. The lowest BCUT2D eigenvalue weighted by Crippen LogP contribution is -2.44. The summed E-state index contributed by atoms with van der Waals surface area (Å²) in [6.07, 6.45) is 9.25. The minimum atomic E-state index is 0.604. The van der Waals surface area contributed by atoms with E-state index in [2.05, 4.69) is 64.0 Å². The molecule has 2 N–H and O–H groups in total. The molecule has 0 saturated carbocycles. The summed E-state index contributed by atoms with van der Waals surface area (Å²) in [5, 5.41) is 9.76. The number of aromatic amines is 2. The van der Waals surface area contributed by atoms with Gasteiger partial charge in [0.25, 0.3) is 0 Å². The Hall–Kier alpha value is -4.02. The lowest BCUT2D eigenvalue weighted by Gasteiger charge is -2.34. The highest BCUT2D eigenvalue weighted by molar-refractivity contribution is 5.99. The van der Waals surface area contributed by atoms with Crippen molar-refractivity contribution in [3.8, 4) is 28.3 Å². The third-order valence-corrected chi connectivity index (χ3v) is 6.90. The van der Waals surface area contributed by atoms with Crippen LogP contribution in [0.5, 0.6) is 5.75 Å². The van der Waals surface area contributed by atoms with Crippen molar-refractivity contribution in [3.63, 3.8) is 0 Å². The molecule has 5 aromatic heterocycles. The molecule has 0 atom stereocenters. The van der Waals surface area contributed by atoms with Gasteiger partial charge in [0.2, 0.25) is 0 Å². The highest BCUT2D eigenvalue weighted by Crippen LogP contribution is 2.34. The van der Waals surface area contributed by atoms with Crippen molar-refractivity contribution in [2.24, 2.45) is 0 Å². The van der Waals surface area contributed by atoms with E-state index in [0.29, 0.717) is 12.3 Å². The Bertz CT molecular complexity index is 1530. The average molecular weight is 498 g/mol. The quantitative estimate of drug-likeness (QED) is 0.353. The molecular formula is C27H31N9O. The lowest BCUT2D eigenvalue weighted by molar-refractivity contribution is 0.261. The van der Waals surface area contributed by atoms with Gasteiger partial charge in [-0.05, 0) is 39.3 Å². The molecule has 0 aromatic carbocycles. The Morgan fingerprint density at radius 2 is 1.73 bits per heavy atom. The molecule has 10 nitrogen and oxygen atoms in total. The van der Waals surface area contributed by atoms with E-state index in [1.165, 1.54) is 0 Å². The Morgan fingerprint density at radius 3 is 2.57 bits per heavy atom. The molecule has 6 heterocycles. The minimum absolute atomic E-state index is 0.604. The number of H-pyrrole nitrogens is 2. The molecule has 5 aromatic rings. The molecule has 1 aliphatic rings. The monoisotopic (exact) mass is 497 g/mol. The van der Waals surface area contributed by atoms with Gasteiger partial charge in [0.1, 0.15) is 12.4 Å². The van der Waals surface area contributed by atoms with Crippen LogP contribution < -0.4 is 9.64 Å². The number of nitrogens with zero attached hydrogens (tertiary/aromatic N) is 7. The summed E-state index contributed by atoms with van der Waals surface area (Å²) in [6, 6.07) is 6.29. The smallest absolute Gasteiger partial charge is 0.181 e. The first-order chi connectivity index (χ1) is 18.0. The van der Waals surface area contributed by atoms with Gasteiger partial charge in [-0.3, -0.25) is 15.1 Å². The van der Waals surface area contributed by atoms with E-state index in [4.69, 9.17) is 4.74 Å². The first-order valence-corrected chi connectivity index (χ1v) is 12.5. The van der Waals surface area contributed by atoms with Crippen molar-refractivity contribution < 1.29 is 4.74 Å². The van der Waals surface area contributed by atoms with Gasteiger partial charge in [-0.2, -0.15) is 5.10 Å². The molecule has 10 heteroatoms. The topological polar surface area (TPSA) is 102 Å². The highest BCUT2D eigenvalue weighted by Gasteiger charge is 2.19. The second kappa shape index (κ2) is 9.79. The average Bonchev–Trinajstić information content (AvgIpc) is 3.53. The maximum Gasteiger partial charge on any atom is 0.181 e. The maximum absolute atomic E-state index is 5.88. The molecule has 37 heavy (non-hydrogen) atoms. The fourth-order valence-electron chi connectivity index (χ4n) is 4.73. The zero-order chi connectivity index (χ0) is 25.4. The van der Waals surface area contributed by atoms with Crippen LogP contribution in [0.4, 0.5) is 5.69 Å². The van der Waals surface area contributed by atoms with E-state index in [1.807, 2.05) is 44.9 Å². The van der Waals surface area contributed by atoms with Crippen LogP contribution in [0.25, 0.3) is 44.5 Å². The van der Waals surface area contributed by atoms with Gasteiger partial charge in [-0.25, -0.2) is 4.98 Å². The van der Waals surface area contributed by atoms with Crippen molar-refractivity contribution in [3.05, 3.63) is 49.2 Å². The van der Waals surface area contributed by atoms with Crippen LogP contribution in [-0.2, 0) is 0 Å². The van der Waals surface area contributed by atoms with Crippen LogP contribution in [0.15, 0.2) is 49.2 Å². The van der Waals surface area contributed by atoms with Crippen LogP contribution in [0.3, 0.4) is 0 Å². The summed E-state index contributed by atoms with van der Waals surface area (Å²) in [5.41, 5.74) is 6.59. The van der Waals surface area contributed by atoms with Gasteiger partial charge in [0.15, 0.2) is 5.65 Å². The van der Waals surface area contributed by atoms with Crippen LogP contribution in [-0.4, -0.2) is 100 Å². The van der Waals surface area contributed by atoms with Crippen LogP contribution in [0.2, 0.25) is 0 Å². The normalized spacial score (nSPS) is 14.8. The van der Waals surface area contributed by atoms with Crippen molar-refractivity contribution in [2.45, 2.75) is 0 Å². The molecule has 1 fully saturated rings. The summed E-state index contributed by atoms with van der Waals surface area (Å²) in [5.74, 6) is 0.742. The second-order valence-corrected chi connectivity index (χ2v) is 9.85. The summed E-state index contributed by atoms with van der Waals surface area (Å²) < 4.78 is 5.88. The first-order valence-electron chi connectivity index (χ1n) is 12.5. The number of pyridine rings is 3. The van der Waals surface area contributed by atoms with Gasteiger partial charge < -0.3 is 24.4 Å². The molecule has 0 bridgehead atoms. The number of rotatable bonds is 7. The number of aromatic nitrogens is 6. The fourth-order valence-corrected chi connectivity index (χ4v) is 4.73. The maximum atomic E-state index is 5.88. The predicted octanol–water partition coefficient (Wildman–Crippen LogP) is 3.26. The number of anilines is 1. The number of piperazine rings is 1. The molecule has 0 unspecified atom stereocenters. The zero-order valence-electron chi connectivity index (χ0n) is 21.4.